The third-order valence-electron chi connectivity index (χ3n) is 4.94. The summed E-state index contributed by atoms with van der Waals surface area (Å²) >= 11 is 0. The topological polar surface area (TPSA) is 67.1 Å². The van der Waals surface area contributed by atoms with Gasteiger partial charge in [0.05, 0.1) is 5.56 Å². The van der Waals surface area contributed by atoms with Crippen molar-refractivity contribution < 1.29 is 13.2 Å². The van der Waals surface area contributed by atoms with Gasteiger partial charge in [-0.2, -0.15) is 13.2 Å². The number of hydrogen-bond donors (Lipinski definition) is 2. The largest absolute Gasteiger partial charge is 0.419 e. The monoisotopic (exact) mass is 343 g/mol. The lowest BCUT2D eigenvalue weighted by Gasteiger charge is -2.38. The van der Waals surface area contributed by atoms with E-state index in [1.165, 1.54) is 12.8 Å². The third kappa shape index (κ3) is 4.16. The number of nitrogens with two attached hydrogens (primary N) is 1. The van der Waals surface area contributed by atoms with Crippen LogP contribution in [-0.2, 0) is 6.18 Å². The molecule has 0 spiro atoms. The fraction of sp³-hybridized carbons (Fsp3) is 0.750. The molecule has 8 heteroatoms. The Balaban J connectivity index is 1.60. The van der Waals surface area contributed by atoms with E-state index in [1.54, 1.807) is 0 Å². The highest BCUT2D eigenvalue weighted by molar-refractivity contribution is 5.31. The van der Waals surface area contributed by atoms with Crippen molar-refractivity contribution in [2.45, 2.75) is 62.8 Å². The van der Waals surface area contributed by atoms with Crippen LogP contribution in [0.15, 0.2) is 12.4 Å². The maximum Gasteiger partial charge on any atom is 0.419 e. The third-order valence-corrected chi connectivity index (χ3v) is 4.94. The zero-order valence-electron chi connectivity index (χ0n) is 13.6. The number of nitrogens with zero attached hydrogens (tertiary/aromatic N) is 3. The molecule has 3 N–H and O–H groups in total. The van der Waals surface area contributed by atoms with Gasteiger partial charge in [-0.15, -0.1) is 0 Å². The molecule has 3 unspecified atom stereocenters. The van der Waals surface area contributed by atoms with E-state index in [4.69, 9.17) is 5.73 Å². The van der Waals surface area contributed by atoms with E-state index in [-0.39, 0.29) is 12.1 Å². The Morgan fingerprint density at radius 3 is 2.46 bits per heavy atom. The number of hydrogen-bond acceptors (Lipinski definition) is 5. The first-order valence-corrected chi connectivity index (χ1v) is 8.59. The molecule has 3 rings (SSSR count). The smallest absolute Gasteiger partial charge is 0.339 e. The summed E-state index contributed by atoms with van der Waals surface area (Å²) in [7, 11) is 0. The molecule has 2 heterocycles. The van der Waals surface area contributed by atoms with Gasteiger partial charge in [-0.05, 0) is 25.7 Å². The van der Waals surface area contributed by atoms with Crippen LogP contribution in [0.3, 0.4) is 0 Å². The van der Waals surface area contributed by atoms with Crippen molar-refractivity contribution in [1.82, 2.24) is 15.3 Å². The Kier molecular flexibility index (Phi) is 5.24. The Morgan fingerprint density at radius 1 is 1.08 bits per heavy atom. The van der Waals surface area contributed by atoms with E-state index in [0.717, 1.165) is 44.6 Å². The van der Waals surface area contributed by atoms with Crippen molar-refractivity contribution in [3.8, 4) is 0 Å². The number of anilines is 1. The molecule has 1 saturated heterocycles. The van der Waals surface area contributed by atoms with E-state index >= 15 is 0 Å². The summed E-state index contributed by atoms with van der Waals surface area (Å²) in [5.41, 5.74) is 5.38. The van der Waals surface area contributed by atoms with Crippen LogP contribution in [0, 0.1) is 0 Å². The SMILES string of the molecule is NC1CCCCC1NC1CCCN(c2ncc(C(F)(F)F)cn2)C1. The summed E-state index contributed by atoms with van der Waals surface area (Å²) in [4.78, 5) is 9.77. The highest BCUT2D eigenvalue weighted by Crippen LogP contribution is 2.28. The molecule has 0 bridgehead atoms. The van der Waals surface area contributed by atoms with Gasteiger partial charge in [-0.3, -0.25) is 0 Å². The zero-order chi connectivity index (χ0) is 17.2. The average Bonchev–Trinajstić information content (AvgIpc) is 2.57. The summed E-state index contributed by atoms with van der Waals surface area (Å²) in [5, 5.41) is 3.64. The second-order valence-corrected chi connectivity index (χ2v) is 6.78. The van der Waals surface area contributed by atoms with Crippen LogP contribution in [-0.4, -0.2) is 41.2 Å². The first-order chi connectivity index (χ1) is 11.4. The van der Waals surface area contributed by atoms with Gasteiger partial charge in [0.15, 0.2) is 0 Å². The maximum atomic E-state index is 12.6. The fourth-order valence-electron chi connectivity index (χ4n) is 3.59. The van der Waals surface area contributed by atoms with Crippen LogP contribution >= 0.6 is 0 Å². The summed E-state index contributed by atoms with van der Waals surface area (Å²) in [6, 6.07) is 0.799. The molecule has 0 radical (unpaired) electrons. The second kappa shape index (κ2) is 7.23. The molecule has 3 atom stereocenters. The number of aromatic nitrogens is 2. The number of piperidine rings is 1. The Hall–Kier alpha value is -1.41. The van der Waals surface area contributed by atoms with Gasteiger partial charge in [-0.1, -0.05) is 12.8 Å². The molecule has 2 fully saturated rings. The minimum atomic E-state index is -4.40. The number of alkyl halides is 3. The molecular formula is C16H24F3N5. The van der Waals surface area contributed by atoms with Gasteiger partial charge >= 0.3 is 6.18 Å². The van der Waals surface area contributed by atoms with Crippen molar-refractivity contribution in [1.29, 1.82) is 0 Å². The normalized spacial score (nSPS) is 28.8. The summed E-state index contributed by atoms with van der Waals surface area (Å²) in [6.45, 7) is 1.47. The predicted octanol–water partition coefficient (Wildman–Crippen LogP) is 2.32. The van der Waals surface area contributed by atoms with Crippen LogP contribution in [0.25, 0.3) is 0 Å². The standard InChI is InChI=1S/C16H24F3N5/c17-16(18,19)11-8-21-15(22-9-11)24-7-3-4-12(10-24)23-14-6-2-1-5-13(14)20/h8-9,12-14,23H,1-7,10,20H2. The molecule has 0 amide bonds. The maximum absolute atomic E-state index is 12.6. The van der Waals surface area contributed by atoms with Crippen molar-refractivity contribution in [3.63, 3.8) is 0 Å². The molecule has 1 saturated carbocycles. The van der Waals surface area contributed by atoms with Gasteiger partial charge in [0, 0.05) is 43.6 Å². The van der Waals surface area contributed by atoms with E-state index in [9.17, 15) is 13.2 Å². The quantitative estimate of drug-likeness (QED) is 0.882. The lowest BCUT2D eigenvalue weighted by atomic mass is 9.90. The van der Waals surface area contributed by atoms with Gasteiger partial charge in [-0.25, -0.2) is 9.97 Å². The molecule has 24 heavy (non-hydrogen) atoms. The van der Waals surface area contributed by atoms with Gasteiger partial charge < -0.3 is 16.0 Å². The highest BCUT2D eigenvalue weighted by Gasteiger charge is 2.32. The molecule has 2 aliphatic rings. The molecular weight excluding hydrogens is 319 g/mol. The van der Waals surface area contributed by atoms with Crippen molar-refractivity contribution in [2.75, 3.05) is 18.0 Å². The van der Waals surface area contributed by atoms with Crippen LogP contribution in [0.1, 0.15) is 44.1 Å². The highest BCUT2D eigenvalue weighted by atomic mass is 19.4. The van der Waals surface area contributed by atoms with Crippen molar-refractivity contribution >= 4 is 5.95 Å². The minimum absolute atomic E-state index is 0.191. The van der Waals surface area contributed by atoms with Crippen LogP contribution < -0.4 is 16.0 Å². The summed E-state index contributed by atoms with van der Waals surface area (Å²) in [6.07, 6.45) is 3.85. The first-order valence-electron chi connectivity index (χ1n) is 8.59. The number of halogens is 3. The Morgan fingerprint density at radius 2 is 1.79 bits per heavy atom. The summed E-state index contributed by atoms with van der Waals surface area (Å²) < 4.78 is 37.8. The van der Waals surface area contributed by atoms with E-state index in [2.05, 4.69) is 15.3 Å². The number of nitrogens with one attached hydrogen (secondary N) is 1. The van der Waals surface area contributed by atoms with Crippen LogP contribution in [0.2, 0.25) is 0 Å². The minimum Gasteiger partial charge on any atom is -0.339 e. The predicted molar refractivity (Wildman–Crippen MR) is 85.6 cm³/mol. The van der Waals surface area contributed by atoms with Crippen LogP contribution in [0.4, 0.5) is 19.1 Å². The number of rotatable bonds is 3. The Bertz CT molecular complexity index is 534. The fourth-order valence-corrected chi connectivity index (χ4v) is 3.59. The molecule has 1 aliphatic heterocycles. The molecule has 0 aromatic carbocycles. The molecule has 1 aliphatic carbocycles. The lowest BCUT2D eigenvalue weighted by molar-refractivity contribution is -0.138. The average molecular weight is 343 g/mol. The van der Waals surface area contributed by atoms with E-state index in [1.807, 2.05) is 4.90 Å². The molecule has 1 aromatic rings. The van der Waals surface area contributed by atoms with E-state index < -0.39 is 11.7 Å². The summed E-state index contributed by atoms with van der Waals surface area (Å²) in [5.74, 6) is 0.363. The second-order valence-electron chi connectivity index (χ2n) is 6.78. The first kappa shape index (κ1) is 17.4. The van der Waals surface area contributed by atoms with Crippen molar-refractivity contribution in [2.24, 2.45) is 5.73 Å². The van der Waals surface area contributed by atoms with Gasteiger partial charge in [0.1, 0.15) is 0 Å². The Labute approximate surface area is 139 Å². The zero-order valence-corrected chi connectivity index (χ0v) is 13.6. The van der Waals surface area contributed by atoms with Crippen LogP contribution in [0.5, 0.6) is 0 Å². The molecule has 1 aromatic heterocycles. The van der Waals surface area contributed by atoms with E-state index in [0.29, 0.717) is 18.5 Å². The molecule has 5 nitrogen and oxygen atoms in total. The van der Waals surface area contributed by atoms with Gasteiger partial charge in [0.25, 0.3) is 0 Å². The lowest BCUT2D eigenvalue weighted by Crippen LogP contribution is -2.55. The van der Waals surface area contributed by atoms with Crippen molar-refractivity contribution in [3.05, 3.63) is 18.0 Å². The van der Waals surface area contributed by atoms with Gasteiger partial charge in [0.2, 0.25) is 5.95 Å². The molecule has 134 valence electrons.